The van der Waals surface area contributed by atoms with Crippen LogP contribution in [0.25, 0.3) is 0 Å². The van der Waals surface area contributed by atoms with Gasteiger partial charge in [-0.25, -0.2) is 13.1 Å². The van der Waals surface area contributed by atoms with Crippen LogP contribution in [-0.2, 0) is 30.2 Å². The van der Waals surface area contributed by atoms with E-state index < -0.39 is 10.0 Å². The number of rotatable bonds is 5. The molecule has 0 aliphatic rings. The maximum Gasteiger partial charge on any atom is 0.242 e. The highest BCUT2D eigenvalue weighted by Crippen LogP contribution is 2.13. The molecule has 0 aromatic carbocycles. The minimum atomic E-state index is -3.67. The first-order valence-electron chi connectivity index (χ1n) is 5.47. The van der Waals surface area contributed by atoms with E-state index in [0.29, 0.717) is 11.5 Å². The molecule has 2 aromatic heterocycles. The molecule has 0 aliphatic heterocycles. The van der Waals surface area contributed by atoms with Crippen molar-refractivity contribution in [2.45, 2.75) is 25.0 Å². The number of hydrogen-bond donors (Lipinski definition) is 2. The molecule has 0 aliphatic carbocycles. The zero-order valence-corrected chi connectivity index (χ0v) is 11.3. The van der Waals surface area contributed by atoms with Crippen molar-refractivity contribution in [2.75, 3.05) is 0 Å². The second kappa shape index (κ2) is 5.11. The van der Waals surface area contributed by atoms with Crippen molar-refractivity contribution in [1.29, 1.82) is 0 Å². The van der Waals surface area contributed by atoms with E-state index >= 15 is 0 Å². The molecule has 19 heavy (non-hydrogen) atoms. The first-order chi connectivity index (χ1) is 8.92. The Hall–Kier alpha value is -1.71. The second-order valence-electron chi connectivity index (χ2n) is 4.00. The maximum atomic E-state index is 12.0. The van der Waals surface area contributed by atoms with Crippen LogP contribution in [0.3, 0.4) is 0 Å². The molecule has 0 amide bonds. The van der Waals surface area contributed by atoms with E-state index in [9.17, 15) is 8.42 Å². The van der Waals surface area contributed by atoms with Crippen LogP contribution in [0, 0.1) is 6.92 Å². The van der Waals surface area contributed by atoms with Gasteiger partial charge in [-0.15, -0.1) is 0 Å². The molecule has 0 atom stereocenters. The fourth-order valence-corrected chi connectivity index (χ4v) is 2.60. The Bertz CT molecular complexity index is 674. The van der Waals surface area contributed by atoms with Crippen LogP contribution in [0.4, 0.5) is 0 Å². The Morgan fingerprint density at radius 1 is 1.53 bits per heavy atom. The van der Waals surface area contributed by atoms with Gasteiger partial charge in [0.15, 0.2) is 5.82 Å². The zero-order valence-electron chi connectivity index (χ0n) is 10.5. The van der Waals surface area contributed by atoms with Crippen LogP contribution in [0.5, 0.6) is 0 Å². The lowest BCUT2D eigenvalue weighted by Crippen LogP contribution is -2.23. The van der Waals surface area contributed by atoms with Gasteiger partial charge < -0.3 is 14.2 Å². The summed E-state index contributed by atoms with van der Waals surface area (Å²) in [6.07, 6.45) is 1.42. The molecule has 8 nitrogen and oxygen atoms in total. The van der Waals surface area contributed by atoms with Crippen LogP contribution in [-0.4, -0.2) is 28.2 Å². The monoisotopic (exact) mass is 286 g/mol. The lowest BCUT2D eigenvalue weighted by atomic mass is 10.5. The van der Waals surface area contributed by atoms with E-state index in [2.05, 4.69) is 14.9 Å². The molecule has 2 rings (SSSR count). The Labute approximate surface area is 110 Å². The fraction of sp³-hybridized carbons (Fsp3) is 0.400. The minimum Gasteiger partial charge on any atom is -0.390 e. The average Bonchev–Trinajstić information content (AvgIpc) is 2.93. The summed E-state index contributed by atoms with van der Waals surface area (Å²) < 4.78 is 32.7. The first-order valence-corrected chi connectivity index (χ1v) is 6.95. The SMILES string of the molecule is Cc1noc(CNS(=O)(=O)c2cc(CO)n(C)c2)n1. The molecule has 0 unspecified atom stereocenters. The third kappa shape index (κ3) is 3.00. The topological polar surface area (TPSA) is 110 Å². The third-order valence-corrected chi connectivity index (χ3v) is 3.91. The van der Waals surface area contributed by atoms with E-state index in [1.165, 1.54) is 12.3 Å². The summed E-state index contributed by atoms with van der Waals surface area (Å²) >= 11 is 0. The van der Waals surface area contributed by atoms with E-state index in [1.807, 2.05) is 0 Å². The van der Waals surface area contributed by atoms with Gasteiger partial charge in [-0.3, -0.25) is 0 Å². The molecular formula is C10H14N4O4S. The molecule has 0 saturated heterocycles. The fourth-order valence-electron chi connectivity index (χ4n) is 1.53. The van der Waals surface area contributed by atoms with Gasteiger partial charge in [0, 0.05) is 18.9 Å². The quantitative estimate of drug-likeness (QED) is 0.780. The smallest absolute Gasteiger partial charge is 0.242 e. The number of sulfonamides is 1. The molecule has 0 saturated carbocycles. The molecule has 0 fully saturated rings. The van der Waals surface area contributed by atoms with Gasteiger partial charge >= 0.3 is 0 Å². The maximum absolute atomic E-state index is 12.0. The third-order valence-electron chi connectivity index (χ3n) is 2.54. The van der Waals surface area contributed by atoms with Crippen molar-refractivity contribution in [3.8, 4) is 0 Å². The number of aryl methyl sites for hydroxylation is 2. The Balaban J connectivity index is 2.13. The molecule has 0 radical (unpaired) electrons. The lowest BCUT2D eigenvalue weighted by Gasteiger charge is -2.01. The number of aliphatic hydroxyl groups is 1. The van der Waals surface area contributed by atoms with E-state index in [1.54, 1.807) is 18.5 Å². The van der Waals surface area contributed by atoms with Crippen molar-refractivity contribution in [1.82, 2.24) is 19.4 Å². The summed E-state index contributed by atoms with van der Waals surface area (Å²) in [4.78, 5) is 3.98. The second-order valence-corrected chi connectivity index (χ2v) is 5.76. The van der Waals surface area contributed by atoms with Gasteiger partial charge in [-0.1, -0.05) is 5.16 Å². The van der Waals surface area contributed by atoms with E-state index in [4.69, 9.17) is 9.63 Å². The molecule has 104 valence electrons. The Morgan fingerprint density at radius 2 is 2.26 bits per heavy atom. The summed E-state index contributed by atoms with van der Waals surface area (Å²) in [5.41, 5.74) is 0.508. The molecule has 0 spiro atoms. The number of aromatic nitrogens is 3. The Morgan fingerprint density at radius 3 is 2.79 bits per heavy atom. The zero-order chi connectivity index (χ0) is 14.0. The minimum absolute atomic E-state index is 0.0769. The van der Waals surface area contributed by atoms with Gasteiger partial charge in [-0.05, 0) is 13.0 Å². The van der Waals surface area contributed by atoms with E-state index in [-0.39, 0.29) is 23.9 Å². The standard InChI is InChI=1S/C10H14N4O4S/c1-7-12-10(18-13-7)4-11-19(16,17)9-3-8(6-15)14(2)5-9/h3,5,11,15H,4,6H2,1-2H3. The van der Waals surface area contributed by atoms with Gasteiger partial charge in [0.05, 0.1) is 18.0 Å². The van der Waals surface area contributed by atoms with Gasteiger partial charge in [0.1, 0.15) is 0 Å². The van der Waals surface area contributed by atoms with Crippen molar-refractivity contribution in [2.24, 2.45) is 7.05 Å². The predicted octanol–water partition coefficient (Wildman–Crippen LogP) is -0.313. The first kappa shape index (κ1) is 13.7. The number of hydrogen-bond acceptors (Lipinski definition) is 6. The largest absolute Gasteiger partial charge is 0.390 e. The molecule has 2 N–H and O–H groups in total. The highest BCUT2D eigenvalue weighted by Gasteiger charge is 2.18. The average molecular weight is 286 g/mol. The summed E-state index contributed by atoms with van der Waals surface area (Å²) in [5.74, 6) is 0.635. The van der Waals surface area contributed by atoms with Crippen LogP contribution < -0.4 is 4.72 Å². The van der Waals surface area contributed by atoms with Gasteiger partial charge in [0.2, 0.25) is 15.9 Å². The summed E-state index contributed by atoms with van der Waals surface area (Å²) in [6, 6.07) is 1.40. The number of nitrogens with zero attached hydrogens (tertiary/aromatic N) is 3. The summed E-state index contributed by atoms with van der Waals surface area (Å²) in [7, 11) is -2.01. The molecular weight excluding hydrogens is 272 g/mol. The van der Waals surface area contributed by atoms with Gasteiger partial charge in [-0.2, -0.15) is 4.98 Å². The van der Waals surface area contributed by atoms with Crippen molar-refractivity contribution >= 4 is 10.0 Å². The van der Waals surface area contributed by atoms with Crippen LogP contribution in [0.2, 0.25) is 0 Å². The highest BCUT2D eigenvalue weighted by atomic mass is 32.2. The highest BCUT2D eigenvalue weighted by molar-refractivity contribution is 7.89. The normalized spacial score (nSPS) is 11.9. The van der Waals surface area contributed by atoms with Crippen molar-refractivity contribution < 1.29 is 18.0 Å². The Kier molecular flexibility index (Phi) is 3.69. The molecule has 0 bridgehead atoms. The van der Waals surface area contributed by atoms with Crippen molar-refractivity contribution in [3.63, 3.8) is 0 Å². The van der Waals surface area contributed by atoms with Gasteiger partial charge in [0.25, 0.3) is 0 Å². The van der Waals surface area contributed by atoms with Crippen LogP contribution in [0.15, 0.2) is 21.7 Å². The van der Waals surface area contributed by atoms with Crippen molar-refractivity contribution in [3.05, 3.63) is 29.7 Å². The predicted molar refractivity (Wildman–Crippen MR) is 64.4 cm³/mol. The molecule has 9 heteroatoms. The van der Waals surface area contributed by atoms with Crippen LogP contribution in [0.1, 0.15) is 17.4 Å². The van der Waals surface area contributed by atoms with E-state index in [0.717, 1.165) is 0 Å². The number of nitrogens with one attached hydrogen (secondary N) is 1. The summed E-state index contributed by atoms with van der Waals surface area (Å²) in [6.45, 7) is 1.34. The molecule has 2 aromatic rings. The lowest BCUT2D eigenvalue weighted by molar-refractivity contribution is 0.272. The molecule has 2 heterocycles. The summed E-state index contributed by atoms with van der Waals surface area (Å²) in [5, 5.41) is 12.6. The number of aliphatic hydroxyl groups excluding tert-OH is 1. The van der Waals surface area contributed by atoms with Crippen LogP contribution >= 0.6 is 0 Å².